The van der Waals surface area contributed by atoms with Crippen molar-refractivity contribution in [3.8, 4) is 0 Å². The monoisotopic (exact) mass is 316 g/mol. The van der Waals surface area contributed by atoms with E-state index in [-0.39, 0.29) is 6.10 Å². The van der Waals surface area contributed by atoms with Crippen LogP contribution in [0.3, 0.4) is 0 Å². The van der Waals surface area contributed by atoms with Crippen molar-refractivity contribution in [3.05, 3.63) is 0 Å². The summed E-state index contributed by atoms with van der Waals surface area (Å²) in [5, 5.41) is 0. The molecule has 0 saturated heterocycles. The second-order valence-electron chi connectivity index (χ2n) is 7.26. The lowest BCUT2D eigenvalue weighted by Crippen LogP contribution is -2.29. The number of hydrogen-bond acceptors (Lipinski definition) is 3. The highest BCUT2D eigenvalue weighted by atomic mass is 32.2. The second kappa shape index (κ2) is 7.96. The molecule has 0 spiro atoms. The molecule has 2 aliphatic carbocycles. The van der Waals surface area contributed by atoms with E-state index in [4.69, 9.17) is 4.18 Å². The van der Waals surface area contributed by atoms with Gasteiger partial charge in [0.05, 0.1) is 12.4 Å². The second-order valence-corrected chi connectivity index (χ2v) is 8.86. The molecule has 124 valence electrons. The predicted octanol–water partition coefficient (Wildman–Crippen LogP) is 4.52. The van der Waals surface area contributed by atoms with Crippen LogP contribution in [0.25, 0.3) is 0 Å². The van der Waals surface area contributed by atoms with Gasteiger partial charge in [0.2, 0.25) is 0 Å². The number of unbranched alkanes of at least 4 members (excludes halogenated alkanes) is 1. The van der Waals surface area contributed by atoms with Crippen LogP contribution >= 0.6 is 0 Å². The predicted molar refractivity (Wildman–Crippen MR) is 86.6 cm³/mol. The van der Waals surface area contributed by atoms with E-state index < -0.39 is 10.1 Å². The van der Waals surface area contributed by atoms with Crippen molar-refractivity contribution in [2.24, 2.45) is 17.8 Å². The molecule has 0 amide bonds. The Bertz CT molecular complexity index is 388. The maximum atomic E-state index is 11.2. The summed E-state index contributed by atoms with van der Waals surface area (Å²) in [6.45, 7) is 2.28. The van der Waals surface area contributed by atoms with Crippen molar-refractivity contribution >= 4 is 10.1 Å². The molecule has 2 saturated carbocycles. The van der Waals surface area contributed by atoms with Gasteiger partial charge >= 0.3 is 0 Å². The highest BCUT2D eigenvalue weighted by Crippen LogP contribution is 2.41. The normalized spacial score (nSPS) is 34.8. The first-order valence-corrected chi connectivity index (χ1v) is 10.7. The minimum atomic E-state index is -3.28. The lowest BCUT2D eigenvalue weighted by Gasteiger charge is -2.37. The molecule has 4 heteroatoms. The number of rotatable bonds is 6. The van der Waals surface area contributed by atoms with Crippen LogP contribution in [0.4, 0.5) is 0 Å². The van der Waals surface area contributed by atoms with Crippen molar-refractivity contribution in [3.63, 3.8) is 0 Å². The summed E-state index contributed by atoms with van der Waals surface area (Å²) >= 11 is 0. The highest BCUT2D eigenvalue weighted by molar-refractivity contribution is 7.86. The Hall–Kier alpha value is -0.0900. The van der Waals surface area contributed by atoms with Gasteiger partial charge in [-0.2, -0.15) is 8.42 Å². The summed E-state index contributed by atoms with van der Waals surface area (Å²) in [5.41, 5.74) is 0. The van der Waals surface area contributed by atoms with Crippen LogP contribution in [0.5, 0.6) is 0 Å². The standard InChI is InChI=1S/C17H32O3S/c1-3-4-5-14-6-8-15(9-7-14)16-10-12-17(13-11-16)20-21(2,18)19/h14-17H,3-13H2,1-2H3. The smallest absolute Gasteiger partial charge is 0.264 e. The molecular weight excluding hydrogens is 284 g/mol. The summed E-state index contributed by atoms with van der Waals surface area (Å²) < 4.78 is 27.5. The molecule has 0 unspecified atom stereocenters. The van der Waals surface area contributed by atoms with Gasteiger partial charge in [0.1, 0.15) is 0 Å². The van der Waals surface area contributed by atoms with Crippen molar-refractivity contribution in [2.75, 3.05) is 6.26 Å². The summed E-state index contributed by atoms with van der Waals surface area (Å²) in [5.74, 6) is 2.68. The van der Waals surface area contributed by atoms with Crippen LogP contribution in [0.1, 0.15) is 77.6 Å². The zero-order chi connectivity index (χ0) is 15.3. The SMILES string of the molecule is CCCCC1CCC(C2CCC(OS(C)(=O)=O)CC2)CC1. The van der Waals surface area contributed by atoms with E-state index in [1.807, 2.05) is 0 Å². The molecule has 2 rings (SSSR count). The first-order valence-electron chi connectivity index (χ1n) is 8.86. The topological polar surface area (TPSA) is 43.4 Å². The average molecular weight is 317 g/mol. The van der Waals surface area contributed by atoms with Gasteiger partial charge in [0, 0.05) is 0 Å². The third kappa shape index (κ3) is 5.90. The molecule has 0 aromatic heterocycles. The summed E-state index contributed by atoms with van der Waals surface area (Å²) in [6.07, 6.45) is 15.1. The molecule has 3 nitrogen and oxygen atoms in total. The van der Waals surface area contributed by atoms with Crippen LogP contribution < -0.4 is 0 Å². The summed E-state index contributed by atoms with van der Waals surface area (Å²) in [6, 6.07) is 0. The fraction of sp³-hybridized carbons (Fsp3) is 1.00. The molecule has 0 N–H and O–H groups in total. The molecule has 21 heavy (non-hydrogen) atoms. The van der Waals surface area contributed by atoms with Crippen molar-refractivity contribution < 1.29 is 12.6 Å². The molecule has 2 fully saturated rings. The minimum Gasteiger partial charge on any atom is -0.267 e. The van der Waals surface area contributed by atoms with Crippen molar-refractivity contribution in [1.82, 2.24) is 0 Å². The third-order valence-electron chi connectivity index (χ3n) is 5.55. The van der Waals surface area contributed by atoms with Gasteiger partial charge in [-0.1, -0.05) is 39.0 Å². The molecule has 0 heterocycles. The minimum absolute atomic E-state index is 0.0582. The van der Waals surface area contributed by atoms with E-state index in [0.29, 0.717) is 0 Å². The van der Waals surface area contributed by atoms with Gasteiger partial charge in [-0.25, -0.2) is 0 Å². The van der Waals surface area contributed by atoms with Crippen LogP contribution in [0.2, 0.25) is 0 Å². The van der Waals surface area contributed by atoms with E-state index in [2.05, 4.69) is 6.92 Å². The third-order valence-corrected chi connectivity index (χ3v) is 6.18. The molecule has 0 atom stereocenters. The van der Waals surface area contributed by atoms with Gasteiger partial charge in [0.25, 0.3) is 10.1 Å². The zero-order valence-electron chi connectivity index (χ0n) is 13.7. The molecular formula is C17H32O3S. The first-order chi connectivity index (χ1) is 9.98. The quantitative estimate of drug-likeness (QED) is 0.677. The Kier molecular flexibility index (Phi) is 6.54. The molecule has 0 bridgehead atoms. The maximum absolute atomic E-state index is 11.2. The van der Waals surface area contributed by atoms with Crippen LogP contribution in [0, 0.1) is 17.8 Å². The van der Waals surface area contributed by atoms with E-state index in [9.17, 15) is 8.42 Å². The molecule has 0 aromatic carbocycles. The van der Waals surface area contributed by atoms with E-state index in [1.165, 1.54) is 44.9 Å². The summed E-state index contributed by atoms with van der Waals surface area (Å²) in [7, 11) is -3.28. The van der Waals surface area contributed by atoms with E-state index >= 15 is 0 Å². The lowest BCUT2D eigenvalue weighted by molar-refractivity contribution is 0.0959. The highest BCUT2D eigenvalue weighted by Gasteiger charge is 2.31. The number of hydrogen-bond donors (Lipinski definition) is 0. The van der Waals surface area contributed by atoms with Gasteiger partial charge < -0.3 is 0 Å². The van der Waals surface area contributed by atoms with Crippen LogP contribution in [-0.4, -0.2) is 20.8 Å². The summed E-state index contributed by atoms with van der Waals surface area (Å²) in [4.78, 5) is 0. The van der Waals surface area contributed by atoms with Gasteiger partial charge in [0.15, 0.2) is 0 Å². The van der Waals surface area contributed by atoms with Crippen LogP contribution in [-0.2, 0) is 14.3 Å². The molecule has 0 radical (unpaired) electrons. The molecule has 0 aromatic rings. The van der Waals surface area contributed by atoms with Gasteiger partial charge in [-0.3, -0.25) is 4.18 Å². The van der Waals surface area contributed by atoms with Crippen molar-refractivity contribution in [1.29, 1.82) is 0 Å². The fourth-order valence-corrected chi connectivity index (χ4v) is 5.03. The van der Waals surface area contributed by atoms with Crippen molar-refractivity contribution in [2.45, 2.75) is 83.7 Å². The zero-order valence-corrected chi connectivity index (χ0v) is 14.5. The maximum Gasteiger partial charge on any atom is 0.264 e. The first kappa shape index (κ1) is 17.3. The lowest BCUT2D eigenvalue weighted by atomic mass is 9.70. The Morgan fingerprint density at radius 2 is 1.43 bits per heavy atom. The fourth-order valence-electron chi connectivity index (χ4n) is 4.34. The molecule has 2 aliphatic rings. The van der Waals surface area contributed by atoms with Crippen LogP contribution in [0.15, 0.2) is 0 Å². The van der Waals surface area contributed by atoms with E-state index in [1.54, 1.807) is 0 Å². The Morgan fingerprint density at radius 1 is 0.905 bits per heavy atom. The van der Waals surface area contributed by atoms with Gasteiger partial charge in [-0.15, -0.1) is 0 Å². The Morgan fingerprint density at radius 3 is 1.90 bits per heavy atom. The van der Waals surface area contributed by atoms with E-state index in [0.717, 1.165) is 49.7 Å². The average Bonchev–Trinajstić information content (AvgIpc) is 2.45. The molecule has 0 aliphatic heterocycles. The Labute approximate surface area is 131 Å². The largest absolute Gasteiger partial charge is 0.267 e. The van der Waals surface area contributed by atoms with Gasteiger partial charge in [-0.05, 0) is 56.3 Å². The Balaban J connectivity index is 1.69.